The number of nitrogens with zero attached hydrogens (tertiary/aromatic N) is 2. The van der Waals surface area contributed by atoms with Gasteiger partial charge in [0.25, 0.3) is 5.91 Å². The van der Waals surface area contributed by atoms with Crippen LogP contribution in [0.1, 0.15) is 27.2 Å². The van der Waals surface area contributed by atoms with Crippen LogP contribution in [0, 0.1) is 6.92 Å². The fourth-order valence-corrected chi connectivity index (χ4v) is 3.27. The molecule has 0 aliphatic rings. The summed E-state index contributed by atoms with van der Waals surface area (Å²) in [6.45, 7) is 1.92. The van der Waals surface area contributed by atoms with Crippen molar-refractivity contribution < 1.29 is 9.18 Å². The first-order valence-electron chi connectivity index (χ1n) is 9.65. The predicted octanol–water partition coefficient (Wildman–Crippen LogP) is 5.27. The van der Waals surface area contributed by atoms with Gasteiger partial charge in [0.2, 0.25) is 0 Å². The summed E-state index contributed by atoms with van der Waals surface area (Å²) in [5, 5.41) is 16.4. The van der Waals surface area contributed by atoms with Gasteiger partial charge in [0.05, 0.1) is 5.69 Å². The maximum absolute atomic E-state index is 12.9. The summed E-state index contributed by atoms with van der Waals surface area (Å²) in [5.41, 5.74) is 3.46. The molecule has 4 rings (SSSR count). The SMILES string of the molecule is Cc1nnc(NCc2ccccc2)c2ccc(C(=O)Nc3cccc(CF)c3)cc12. The molecule has 5 nitrogen and oxygen atoms in total. The molecule has 3 aromatic carbocycles. The number of aromatic nitrogens is 2. The van der Waals surface area contributed by atoms with Gasteiger partial charge < -0.3 is 10.6 Å². The number of carbonyl (C=O) groups excluding carboxylic acids is 1. The van der Waals surface area contributed by atoms with E-state index in [1.54, 1.807) is 36.4 Å². The zero-order valence-electron chi connectivity index (χ0n) is 16.5. The second-order valence-electron chi connectivity index (χ2n) is 7.02. The number of anilines is 2. The molecule has 0 bridgehead atoms. The molecule has 6 heteroatoms. The van der Waals surface area contributed by atoms with E-state index in [2.05, 4.69) is 20.8 Å². The summed E-state index contributed by atoms with van der Waals surface area (Å²) < 4.78 is 12.9. The molecule has 0 spiro atoms. The van der Waals surface area contributed by atoms with Gasteiger partial charge in [-0.1, -0.05) is 42.5 Å². The average molecular weight is 400 g/mol. The first-order valence-corrected chi connectivity index (χ1v) is 9.65. The molecular weight excluding hydrogens is 379 g/mol. The highest BCUT2D eigenvalue weighted by atomic mass is 19.1. The maximum atomic E-state index is 12.9. The quantitative estimate of drug-likeness (QED) is 0.463. The molecule has 150 valence electrons. The number of benzene rings is 3. The average Bonchev–Trinajstić information content (AvgIpc) is 2.79. The number of carbonyl (C=O) groups is 1. The minimum Gasteiger partial charge on any atom is -0.364 e. The Morgan fingerprint density at radius 1 is 0.900 bits per heavy atom. The van der Waals surface area contributed by atoms with Crippen LogP contribution in [0.3, 0.4) is 0 Å². The normalized spacial score (nSPS) is 10.7. The van der Waals surface area contributed by atoms with Crippen LogP contribution in [-0.4, -0.2) is 16.1 Å². The minimum atomic E-state index is -0.573. The van der Waals surface area contributed by atoms with Crippen LogP contribution in [0.5, 0.6) is 0 Å². The van der Waals surface area contributed by atoms with E-state index < -0.39 is 6.67 Å². The topological polar surface area (TPSA) is 66.9 Å². The Kier molecular flexibility index (Phi) is 5.66. The smallest absolute Gasteiger partial charge is 0.255 e. The van der Waals surface area contributed by atoms with Crippen molar-refractivity contribution in [3.05, 3.63) is 95.2 Å². The fourth-order valence-electron chi connectivity index (χ4n) is 3.27. The van der Waals surface area contributed by atoms with Crippen molar-refractivity contribution in [2.24, 2.45) is 0 Å². The van der Waals surface area contributed by atoms with E-state index in [1.165, 1.54) is 0 Å². The summed E-state index contributed by atoms with van der Waals surface area (Å²) in [6, 6.07) is 22.2. The molecule has 0 aliphatic heterocycles. The van der Waals surface area contributed by atoms with Gasteiger partial charge in [0, 0.05) is 28.6 Å². The first kappa shape index (κ1) is 19.5. The lowest BCUT2D eigenvalue weighted by Crippen LogP contribution is -2.12. The molecular formula is C24H21FN4O. The molecule has 30 heavy (non-hydrogen) atoms. The molecule has 0 saturated heterocycles. The molecule has 0 radical (unpaired) electrons. The number of nitrogens with one attached hydrogen (secondary N) is 2. The lowest BCUT2D eigenvalue weighted by Gasteiger charge is -2.11. The van der Waals surface area contributed by atoms with Gasteiger partial charge in [-0.15, -0.1) is 5.10 Å². The fraction of sp³-hybridized carbons (Fsp3) is 0.125. The summed E-state index contributed by atoms with van der Waals surface area (Å²) in [6.07, 6.45) is 0. The van der Waals surface area contributed by atoms with Crippen LogP contribution in [0.15, 0.2) is 72.8 Å². The third kappa shape index (κ3) is 4.27. The van der Waals surface area contributed by atoms with E-state index in [1.807, 2.05) is 43.3 Å². The Balaban J connectivity index is 1.58. The van der Waals surface area contributed by atoms with E-state index >= 15 is 0 Å². The van der Waals surface area contributed by atoms with Gasteiger partial charge in [-0.25, -0.2) is 4.39 Å². The highest BCUT2D eigenvalue weighted by Crippen LogP contribution is 2.25. The third-order valence-corrected chi connectivity index (χ3v) is 4.87. The lowest BCUT2D eigenvalue weighted by molar-refractivity contribution is 0.102. The van der Waals surface area contributed by atoms with Crippen LogP contribution in [0.4, 0.5) is 15.9 Å². The van der Waals surface area contributed by atoms with Crippen molar-refractivity contribution in [2.75, 3.05) is 10.6 Å². The van der Waals surface area contributed by atoms with E-state index in [-0.39, 0.29) is 5.91 Å². The first-order chi connectivity index (χ1) is 14.6. The summed E-state index contributed by atoms with van der Waals surface area (Å²) in [5.74, 6) is 0.407. The van der Waals surface area contributed by atoms with E-state index in [9.17, 15) is 9.18 Å². The zero-order valence-corrected chi connectivity index (χ0v) is 16.5. The number of rotatable bonds is 6. The number of alkyl halides is 1. The Labute approximate surface area is 174 Å². The molecule has 1 heterocycles. The van der Waals surface area contributed by atoms with Crippen molar-refractivity contribution in [1.82, 2.24) is 10.2 Å². The highest BCUT2D eigenvalue weighted by Gasteiger charge is 2.12. The van der Waals surface area contributed by atoms with Crippen molar-refractivity contribution in [1.29, 1.82) is 0 Å². The van der Waals surface area contributed by atoms with Gasteiger partial charge in [0.15, 0.2) is 5.82 Å². The second-order valence-corrected chi connectivity index (χ2v) is 7.02. The molecule has 0 atom stereocenters. The van der Waals surface area contributed by atoms with Gasteiger partial charge in [-0.05, 0) is 48.4 Å². The molecule has 0 unspecified atom stereocenters. The van der Waals surface area contributed by atoms with Gasteiger partial charge >= 0.3 is 0 Å². The number of fused-ring (bicyclic) bond motifs is 1. The zero-order chi connectivity index (χ0) is 20.9. The van der Waals surface area contributed by atoms with Crippen molar-refractivity contribution in [3.8, 4) is 0 Å². The molecule has 1 amide bonds. The Bertz CT molecular complexity index is 1190. The maximum Gasteiger partial charge on any atom is 0.255 e. The summed E-state index contributed by atoms with van der Waals surface area (Å²) in [4.78, 5) is 12.7. The molecule has 0 saturated carbocycles. The van der Waals surface area contributed by atoms with Crippen molar-refractivity contribution >= 4 is 28.2 Å². The summed E-state index contributed by atoms with van der Waals surface area (Å²) in [7, 11) is 0. The number of hydrogen-bond donors (Lipinski definition) is 2. The van der Waals surface area contributed by atoms with Gasteiger partial charge in [0.1, 0.15) is 6.67 Å². The van der Waals surface area contributed by atoms with E-state index in [0.29, 0.717) is 29.2 Å². The number of aryl methyl sites for hydroxylation is 1. The van der Waals surface area contributed by atoms with Crippen molar-refractivity contribution in [2.45, 2.75) is 20.1 Å². The van der Waals surface area contributed by atoms with Crippen LogP contribution in [-0.2, 0) is 13.2 Å². The van der Waals surface area contributed by atoms with Crippen LogP contribution in [0.2, 0.25) is 0 Å². The summed E-state index contributed by atoms with van der Waals surface area (Å²) >= 11 is 0. The Morgan fingerprint density at radius 3 is 2.50 bits per heavy atom. The molecule has 0 aliphatic carbocycles. The Hall–Kier alpha value is -3.80. The van der Waals surface area contributed by atoms with E-state index in [4.69, 9.17) is 0 Å². The van der Waals surface area contributed by atoms with E-state index in [0.717, 1.165) is 22.0 Å². The minimum absolute atomic E-state index is 0.261. The van der Waals surface area contributed by atoms with Crippen LogP contribution < -0.4 is 10.6 Å². The third-order valence-electron chi connectivity index (χ3n) is 4.87. The largest absolute Gasteiger partial charge is 0.364 e. The number of hydrogen-bond acceptors (Lipinski definition) is 4. The molecule has 2 N–H and O–H groups in total. The van der Waals surface area contributed by atoms with Crippen LogP contribution >= 0.6 is 0 Å². The second kappa shape index (κ2) is 8.69. The van der Waals surface area contributed by atoms with Crippen LogP contribution in [0.25, 0.3) is 10.8 Å². The number of amides is 1. The molecule has 1 aromatic heterocycles. The van der Waals surface area contributed by atoms with Crippen molar-refractivity contribution in [3.63, 3.8) is 0 Å². The molecule has 4 aromatic rings. The lowest BCUT2D eigenvalue weighted by atomic mass is 10.1. The predicted molar refractivity (Wildman–Crippen MR) is 117 cm³/mol. The Morgan fingerprint density at radius 2 is 1.70 bits per heavy atom. The number of halogens is 1. The standard InChI is InChI=1S/C24H21FN4O/c1-16-22-13-19(24(30)27-20-9-5-8-18(12-20)14-25)10-11-21(22)23(29-28-16)26-15-17-6-3-2-4-7-17/h2-13H,14-15H2,1H3,(H,26,29)(H,27,30). The van der Waals surface area contributed by atoms with Gasteiger partial charge in [-0.2, -0.15) is 5.10 Å². The van der Waals surface area contributed by atoms with Gasteiger partial charge in [-0.3, -0.25) is 4.79 Å². The molecule has 0 fully saturated rings. The monoisotopic (exact) mass is 400 g/mol. The highest BCUT2D eigenvalue weighted by molar-refractivity contribution is 6.07.